The van der Waals surface area contributed by atoms with Crippen molar-refractivity contribution in [1.29, 1.82) is 0 Å². The third-order valence-corrected chi connectivity index (χ3v) is 3.67. The zero-order valence-electron chi connectivity index (χ0n) is 14.5. The van der Waals surface area contributed by atoms with Gasteiger partial charge in [0.1, 0.15) is 5.82 Å². The molecule has 0 aliphatic carbocycles. The quantitative estimate of drug-likeness (QED) is 0.700. The second-order valence-corrected chi connectivity index (χ2v) is 6.30. The Hall–Kier alpha value is -2.58. The number of halogens is 3. The number of alkyl halides is 3. The minimum atomic E-state index is -4.34. The molecule has 0 spiro atoms. The van der Waals surface area contributed by atoms with Gasteiger partial charge in [-0.3, -0.25) is 9.59 Å². The number of amides is 2. The fraction of sp³-hybridized carbons (Fsp3) is 0.471. The average Bonchev–Trinajstić information content (AvgIpc) is 2.97. The van der Waals surface area contributed by atoms with Crippen molar-refractivity contribution in [3.63, 3.8) is 0 Å². The Morgan fingerprint density at radius 1 is 1.19 bits per heavy atom. The molecule has 1 heterocycles. The zero-order valence-corrected chi connectivity index (χ0v) is 14.5. The van der Waals surface area contributed by atoms with Crippen molar-refractivity contribution < 1.29 is 22.8 Å². The molecule has 0 aliphatic rings. The molecule has 3 N–H and O–H groups in total. The van der Waals surface area contributed by atoms with Crippen LogP contribution in [0.15, 0.2) is 18.2 Å². The number of hydrogen-bond donors (Lipinski definition) is 3. The Labute approximate surface area is 148 Å². The van der Waals surface area contributed by atoms with E-state index in [2.05, 4.69) is 20.6 Å². The summed E-state index contributed by atoms with van der Waals surface area (Å²) < 4.78 is 36.3. The van der Waals surface area contributed by atoms with Crippen LogP contribution in [0.25, 0.3) is 11.0 Å². The van der Waals surface area contributed by atoms with Gasteiger partial charge in [0.25, 0.3) is 0 Å². The number of nitrogens with one attached hydrogen (secondary N) is 3. The molecule has 0 fully saturated rings. The predicted molar refractivity (Wildman–Crippen MR) is 89.9 cm³/mol. The van der Waals surface area contributed by atoms with Crippen LogP contribution < -0.4 is 10.6 Å². The molecule has 142 valence electrons. The van der Waals surface area contributed by atoms with E-state index in [4.69, 9.17) is 0 Å². The molecule has 0 aliphatic heterocycles. The molecule has 0 atom stereocenters. The Kier molecular flexibility index (Phi) is 6.23. The third kappa shape index (κ3) is 6.05. The minimum Gasteiger partial charge on any atom is -0.352 e. The van der Waals surface area contributed by atoms with E-state index in [-0.39, 0.29) is 24.9 Å². The first-order chi connectivity index (χ1) is 12.1. The van der Waals surface area contributed by atoms with Crippen molar-refractivity contribution in [2.45, 2.75) is 46.0 Å². The molecule has 0 radical (unpaired) electrons. The summed E-state index contributed by atoms with van der Waals surface area (Å²) >= 11 is 0. The number of H-pyrrole nitrogens is 1. The van der Waals surface area contributed by atoms with Crippen molar-refractivity contribution in [1.82, 2.24) is 20.6 Å². The monoisotopic (exact) mass is 370 g/mol. The van der Waals surface area contributed by atoms with Gasteiger partial charge in [-0.2, -0.15) is 13.2 Å². The van der Waals surface area contributed by atoms with Crippen LogP contribution >= 0.6 is 0 Å². The van der Waals surface area contributed by atoms with Gasteiger partial charge in [0.2, 0.25) is 11.8 Å². The minimum absolute atomic E-state index is 0.0762. The molecule has 0 saturated carbocycles. The maximum atomic E-state index is 12.1. The molecule has 9 heteroatoms. The molecule has 0 saturated heterocycles. The summed E-state index contributed by atoms with van der Waals surface area (Å²) in [5.41, 5.74) is 2.16. The Morgan fingerprint density at radius 3 is 2.58 bits per heavy atom. The highest BCUT2D eigenvalue weighted by Crippen LogP contribution is 2.21. The second-order valence-electron chi connectivity index (χ2n) is 6.30. The van der Waals surface area contributed by atoms with Crippen LogP contribution in [-0.4, -0.2) is 28.0 Å². The SMILES string of the molecule is CC(C)C(=O)NCc1nc2ccc(CNC(=O)CCC(F)(F)F)cc2[nH]1. The number of carbonyl (C=O) groups excluding carboxylic acids is 2. The fourth-order valence-corrected chi connectivity index (χ4v) is 2.22. The number of aromatic nitrogens is 2. The lowest BCUT2D eigenvalue weighted by molar-refractivity contribution is -0.144. The number of aromatic amines is 1. The lowest BCUT2D eigenvalue weighted by Gasteiger charge is -2.07. The lowest BCUT2D eigenvalue weighted by atomic mass is 10.2. The molecule has 2 amide bonds. The topological polar surface area (TPSA) is 86.9 Å². The van der Waals surface area contributed by atoms with Gasteiger partial charge in [-0.25, -0.2) is 4.98 Å². The van der Waals surface area contributed by atoms with E-state index in [0.29, 0.717) is 11.3 Å². The number of carbonyl (C=O) groups is 2. The van der Waals surface area contributed by atoms with Crippen LogP contribution in [0.5, 0.6) is 0 Å². The van der Waals surface area contributed by atoms with Crippen LogP contribution in [0, 0.1) is 5.92 Å². The second kappa shape index (κ2) is 8.20. The van der Waals surface area contributed by atoms with Gasteiger partial charge in [0.05, 0.1) is 24.0 Å². The van der Waals surface area contributed by atoms with E-state index in [1.165, 1.54) is 0 Å². The first kappa shape index (κ1) is 19.7. The molecule has 1 aromatic heterocycles. The van der Waals surface area contributed by atoms with E-state index in [0.717, 1.165) is 11.1 Å². The molecular formula is C17H21F3N4O2. The number of imidazole rings is 1. The summed E-state index contributed by atoms with van der Waals surface area (Å²) in [4.78, 5) is 30.5. The Balaban J connectivity index is 1.92. The third-order valence-electron chi connectivity index (χ3n) is 3.67. The summed E-state index contributed by atoms with van der Waals surface area (Å²) in [6.07, 6.45) is -6.06. The number of hydrogen-bond acceptors (Lipinski definition) is 3. The number of fused-ring (bicyclic) bond motifs is 1. The number of rotatable bonds is 7. The van der Waals surface area contributed by atoms with Crippen molar-refractivity contribution in [2.24, 2.45) is 5.92 Å². The summed E-state index contributed by atoms with van der Waals surface area (Å²) in [6.45, 7) is 3.99. The highest BCUT2D eigenvalue weighted by Gasteiger charge is 2.27. The zero-order chi connectivity index (χ0) is 19.3. The molecular weight excluding hydrogens is 349 g/mol. The predicted octanol–water partition coefficient (Wildman–Crippen LogP) is 2.79. The van der Waals surface area contributed by atoms with Gasteiger partial charge < -0.3 is 15.6 Å². The molecule has 0 bridgehead atoms. The molecule has 2 rings (SSSR count). The molecule has 2 aromatic rings. The first-order valence-electron chi connectivity index (χ1n) is 8.23. The average molecular weight is 370 g/mol. The molecule has 0 unspecified atom stereocenters. The van der Waals surface area contributed by atoms with Crippen molar-refractivity contribution in [3.8, 4) is 0 Å². The molecule has 6 nitrogen and oxygen atoms in total. The van der Waals surface area contributed by atoms with Crippen molar-refractivity contribution in [3.05, 3.63) is 29.6 Å². The van der Waals surface area contributed by atoms with Gasteiger partial charge in [-0.1, -0.05) is 19.9 Å². The van der Waals surface area contributed by atoms with Crippen molar-refractivity contribution >= 4 is 22.8 Å². The largest absolute Gasteiger partial charge is 0.389 e. The van der Waals surface area contributed by atoms with Gasteiger partial charge in [-0.05, 0) is 17.7 Å². The Morgan fingerprint density at radius 2 is 1.92 bits per heavy atom. The van der Waals surface area contributed by atoms with E-state index in [1.807, 2.05) is 0 Å². The van der Waals surface area contributed by atoms with E-state index < -0.39 is 24.9 Å². The standard InChI is InChI=1S/C17H21F3N4O2/c1-10(2)16(26)22-9-14-23-12-4-3-11(7-13(12)24-14)8-21-15(25)5-6-17(18,19)20/h3-4,7,10H,5-6,8-9H2,1-2H3,(H,21,25)(H,22,26)(H,23,24). The normalized spacial score (nSPS) is 11.8. The van der Waals surface area contributed by atoms with E-state index >= 15 is 0 Å². The summed E-state index contributed by atoms with van der Waals surface area (Å²) in [6, 6.07) is 5.25. The van der Waals surface area contributed by atoms with Crippen LogP contribution in [0.4, 0.5) is 13.2 Å². The van der Waals surface area contributed by atoms with Gasteiger partial charge in [-0.15, -0.1) is 0 Å². The van der Waals surface area contributed by atoms with E-state index in [9.17, 15) is 22.8 Å². The fourth-order valence-electron chi connectivity index (χ4n) is 2.22. The highest BCUT2D eigenvalue weighted by atomic mass is 19.4. The van der Waals surface area contributed by atoms with Crippen LogP contribution in [0.1, 0.15) is 38.1 Å². The first-order valence-corrected chi connectivity index (χ1v) is 8.23. The summed E-state index contributed by atoms with van der Waals surface area (Å²) in [5.74, 6) is -0.246. The number of nitrogens with zero attached hydrogens (tertiary/aromatic N) is 1. The Bertz CT molecular complexity index is 784. The van der Waals surface area contributed by atoms with Crippen LogP contribution in [-0.2, 0) is 22.7 Å². The van der Waals surface area contributed by atoms with Gasteiger partial charge in [0.15, 0.2) is 0 Å². The number of benzene rings is 1. The molecule has 1 aromatic carbocycles. The summed E-state index contributed by atoms with van der Waals surface area (Å²) in [5, 5.41) is 5.22. The maximum Gasteiger partial charge on any atom is 0.389 e. The lowest BCUT2D eigenvalue weighted by Crippen LogP contribution is -2.27. The summed E-state index contributed by atoms with van der Waals surface area (Å²) in [7, 11) is 0. The highest BCUT2D eigenvalue weighted by molar-refractivity contribution is 5.79. The van der Waals surface area contributed by atoms with Gasteiger partial charge in [0, 0.05) is 18.9 Å². The maximum absolute atomic E-state index is 12.1. The van der Waals surface area contributed by atoms with Gasteiger partial charge >= 0.3 is 6.18 Å². The van der Waals surface area contributed by atoms with Crippen LogP contribution in [0.3, 0.4) is 0 Å². The molecule has 26 heavy (non-hydrogen) atoms. The van der Waals surface area contributed by atoms with E-state index in [1.54, 1.807) is 32.0 Å². The van der Waals surface area contributed by atoms with Crippen molar-refractivity contribution in [2.75, 3.05) is 0 Å². The van der Waals surface area contributed by atoms with Crippen LogP contribution in [0.2, 0.25) is 0 Å². The smallest absolute Gasteiger partial charge is 0.352 e.